The average molecular weight is 293 g/mol. The molecule has 1 aromatic rings. The molecule has 8 heteroatoms. The minimum Gasteiger partial charge on any atom is -0.377 e. The van der Waals surface area contributed by atoms with E-state index in [2.05, 4.69) is 10.4 Å². The number of pyridine rings is 1. The fourth-order valence-electron chi connectivity index (χ4n) is 1.77. The van der Waals surface area contributed by atoms with Gasteiger partial charge in [-0.25, -0.2) is 10.8 Å². The van der Waals surface area contributed by atoms with E-state index in [1.54, 1.807) is 0 Å². The monoisotopic (exact) mass is 293 g/mol. The first-order chi connectivity index (χ1) is 8.99. The minimum atomic E-state index is -4.41. The van der Waals surface area contributed by atoms with E-state index in [0.29, 0.717) is 10.8 Å². The molecule has 1 fully saturated rings. The number of hydrogen-bond acceptors (Lipinski definition) is 5. The number of aromatic nitrogens is 1. The summed E-state index contributed by atoms with van der Waals surface area (Å²) in [4.78, 5) is 4.00. The lowest BCUT2D eigenvalue weighted by molar-refractivity contribution is -0.137. The van der Waals surface area contributed by atoms with E-state index in [0.717, 1.165) is 31.6 Å². The third-order valence-electron chi connectivity index (χ3n) is 2.72. The molecule has 1 aliphatic heterocycles. The van der Waals surface area contributed by atoms with E-state index in [1.165, 1.54) is 11.8 Å². The number of ether oxygens (including phenoxy) is 1. The lowest BCUT2D eigenvalue weighted by atomic mass is 10.2. The SMILES string of the molecule is NNc1cc(C(F)(F)F)cc(SCC2CCCO2)n1. The molecule has 19 heavy (non-hydrogen) atoms. The number of rotatable bonds is 4. The molecular weight excluding hydrogens is 279 g/mol. The first-order valence-electron chi connectivity index (χ1n) is 5.79. The lowest BCUT2D eigenvalue weighted by Gasteiger charge is -2.12. The molecule has 0 radical (unpaired) electrons. The van der Waals surface area contributed by atoms with Crippen molar-refractivity contribution in [1.29, 1.82) is 0 Å². The van der Waals surface area contributed by atoms with Gasteiger partial charge in [-0.1, -0.05) is 0 Å². The number of nitrogens with zero attached hydrogens (tertiary/aromatic N) is 1. The van der Waals surface area contributed by atoms with E-state index in [9.17, 15) is 13.2 Å². The zero-order valence-corrected chi connectivity index (χ0v) is 10.9. The van der Waals surface area contributed by atoms with Gasteiger partial charge in [0.15, 0.2) is 0 Å². The second kappa shape index (κ2) is 5.98. The van der Waals surface area contributed by atoms with Gasteiger partial charge >= 0.3 is 6.18 Å². The molecule has 106 valence electrons. The highest BCUT2D eigenvalue weighted by Gasteiger charge is 2.31. The first-order valence-corrected chi connectivity index (χ1v) is 6.78. The quantitative estimate of drug-likeness (QED) is 0.508. The third-order valence-corrected chi connectivity index (χ3v) is 3.76. The second-order valence-corrected chi connectivity index (χ2v) is 5.21. The standard InChI is InChI=1S/C11H14F3N3OS/c12-11(13,14)7-4-9(17-15)16-10(5-7)19-6-8-2-1-3-18-8/h4-5,8H,1-3,6,15H2,(H,16,17). The summed E-state index contributed by atoms with van der Waals surface area (Å²) >= 11 is 1.25. The predicted octanol–water partition coefficient (Wildman–Crippen LogP) is 2.66. The van der Waals surface area contributed by atoms with E-state index in [1.807, 2.05) is 0 Å². The highest BCUT2D eigenvalue weighted by atomic mass is 32.2. The van der Waals surface area contributed by atoms with Crippen LogP contribution >= 0.6 is 11.8 Å². The zero-order chi connectivity index (χ0) is 13.9. The molecule has 2 rings (SSSR count). The van der Waals surface area contributed by atoms with Crippen LogP contribution in [0.2, 0.25) is 0 Å². The molecule has 4 nitrogen and oxygen atoms in total. The summed E-state index contributed by atoms with van der Waals surface area (Å²) in [5.41, 5.74) is 1.39. The number of thioether (sulfide) groups is 1. The lowest BCUT2D eigenvalue weighted by Crippen LogP contribution is -2.13. The molecule has 0 saturated carbocycles. The van der Waals surface area contributed by atoms with Crippen LogP contribution in [0.15, 0.2) is 17.2 Å². The predicted molar refractivity (Wildman–Crippen MR) is 66.7 cm³/mol. The third kappa shape index (κ3) is 3.99. The molecule has 0 bridgehead atoms. The molecule has 1 aromatic heterocycles. The molecule has 1 atom stereocenters. The van der Waals surface area contributed by atoms with Gasteiger partial charge in [-0.3, -0.25) is 0 Å². The van der Waals surface area contributed by atoms with Crippen molar-refractivity contribution in [3.05, 3.63) is 17.7 Å². The summed E-state index contributed by atoms with van der Waals surface area (Å²) < 4.78 is 43.5. The molecule has 0 aliphatic carbocycles. The van der Waals surface area contributed by atoms with Crippen molar-refractivity contribution >= 4 is 17.6 Å². The average Bonchev–Trinajstić information content (AvgIpc) is 2.88. The summed E-state index contributed by atoms with van der Waals surface area (Å²) in [6.07, 6.45) is -2.38. The summed E-state index contributed by atoms with van der Waals surface area (Å²) in [5, 5.41) is 0.290. The van der Waals surface area contributed by atoms with Crippen LogP contribution in [0.3, 0.4) is 0 Å². The number of hydrazine groups is 1. The maximum atomic E-state index is 12.7. The van der Waals surface area contributed by atoms with Gasteiger partial charge < -0.3 is 10.2 Å². The Morgan fingerprint density at radius 1 is 1.47 bits per heavy atom. The van der Waals surface area contributed by atoms with Gasteiger partial charge in [0, 0.05) is 12.4 Å². The van der Waals surface area contributed by atoms with Crippen molar-refractivity contribution in [2.45, 2.75) is 30.1 Å². The molecule has 0 aromatic carbocycles. The van der Waals surface area contributed by atoms with Gasteiger partial charge in [-0.05, 0) is 25.0 Å². The smallest absolute Gasteiger partial charge is 0.377 e. The number of nitrogens with two attached hydrogens (primary N) is 1. The van der Waals surface area contributed by atoms with Crippen molar-refractivity contribution in [2.75, 3.05) is 17.8 Å². The van der Waals surface area contributed by atoms with Gasteiger partial charge in [-0.15, -0.1) is 11.8 Å². The minimum absolute atomic E-state index is 0.00432. The Bertz CT molecular complexity index is 436. The largest absolute Gasteiger partial charge is 0.416 e. The number of anilines is 1. The van der Waals surface area contributed by atoms with Crippen molar-refractivity contribution in [3.63, 3.8) is 0 Å². The normalized spacial score (nSPS) is 19.7. The Kier molecular flexibility index (Phi) is 4.54. The van der Waals surface area contributed by atoms with Crippen LogP contribution in [0.5, 0.6) is 0 Å². The Morgan fingerprint density at radius 2 is 2.26 bits per heavy atom. The van der Waals surface area contributed by atoms with Gasteiger partial charge in [0.1, 0.15) is 5.82 Å². The molecule has 1 aliphatic rings. The summed E-state index contributed by atoms with van der Waals surface area (Å²) in [5.74, 6) is 5.74. The molecular formula is C11H14F3N3OS. The Labute approximate surface area is 112 Å². The van der Waals surface area contributed by atoms with Crippen molar-refractivity contribution in [3.8, 4) is 0 Å². The molecule has 1 unspecified atom stereocenters. The molecule has 1 saturated heterocycles. The fourth-order valence-corrected chi connectivity index (χ4v) is 2.76. The van der Waals surface area contributed by atoms with Crippen LogP contribution in [0.1, 0.15) is 18.4 Å². The zero-order valence-electron chi connectivity index (χ0n) is 10.0. The van der Waals surface area contributed by atoms with Crippen LogP contribution in [-0.4, -0.2) is 23.4 Å². The van der Waals surface area contributed by atoms with E-state index in [4.69, 9.17) is 10.6 Å². The topological polar surface area (TPSA) is 60.2 Å². The maximum Gasteiger partial charge on any atom is 0.416 e. The highest BCUT2D eigenvalue weighted by molar-refractivity contribution is 7.99. The molecule has 0 amide bonds. The molecule has 0 spiro atoms. The molecule has 2 heterocycles. The Hall–Kier alpha value is -0.990. The molecule has 3 N–H and O–H groups in total. The van der Waals surface area contributed by atoms with Crippen LogP contribution in [-0.2, 0) is 10.9 Å². The van der Waals surface area contributed by atoms with E-state index < -0.39 is 11.7 Å². The number of nitrogen functional groups attached to an aromatic ring is 1. The van der Waals surface area contributed by atoms with Crippen molar-refractivity contribution < 1.29 is 17.9 Å². The van der Waals surface area contributed by atoms with Gasteiger partial charge in [0.05, 0.1) is 16.7 Å². The van der Waals surface area contributed by atoms with Gasteiger partial charge in [0.25, 0.3) is 0 Å². The van der Waals surface area contributed by atoms with Gasteiger partial charge in [0.2, 0.25) is 0 Å². The summed E-state index contributed by atoms with van der Waals surface area (Å²) in [6.45, 7) is 0.719. The van der Waals surface area contributed by atoms with E-state index >= 15 is 0 Å². The first kappa shape index (κ1) is 14.4. The van der Waals surface area contributed by atoms with Gasteiger partial charge in [-0.2, -0.15) is 13.2 Å². The van der Waals surface area contributed by atoms with Crippen LogP contribution < -0.4 is 11.3 Å². The Morgan fingerprint density at radius 3 is 2.84 bits per heavy atom. The van der Waals surface area contributed by atoms with Crippen molar-refractivity contribution in [2.24, 2.45) is 5.84 Å². The van der Waals surface area contributed by atoms with Crippen LogP contribution in [0.4, 0.5) is 19.0 Å². The maximum absolute atomic E-state index is 12.7. The van der Waals surface area contributed by atoms with Crippen molar-refractivity contribution in [1.82, 2.24) is 4.98 Å². The highest BCUT2D eigenvalue weighted by Crippen LogP contribution is 2.33. The van der Waals surface area contributed by atoms with Crippen LogP contribution in [0, 0.1) is 0 Å². The van der Waals surface area contributed by atoms with E-state index in [-0.39, 0.29) is 11.9 Å². The summed E-state index contributed by atoms with van der Waals surface area (Å²) in [7, 11) is 0. The number of hydrogen-bond donors (Lipinski definition) is 2. The Balaban J connectivity index is 2.10. The number of alkyl halides is 3. The number of nitrogens with one attached hydrogen (secondary N) is 1. The van der Waals surface area contributed by atoms with Crippen LogP contribution in [0.25, 0.3) is 0 Å². The second-order valence-electron chi connectivity index (χ2n) is 4.17. The summed E-state index contributed by atoms with van der Waals surface area (Å²) in [6, 6.07) is 1.91. The fraction of sp³-hybridized carbons (Fsp3) is 0.545. The number of halogens is 3.